The van der Waals surface area contributed by atoms with E-state index in [4.69, 9.17) is 0 Å². The van der Waals surface area contributed by atoms with Crippen LogP contribution in [0.1, 0.15) is 10.6 Å². The molecule has 3 aromatic rings. The van der Waals surface area contributed by atoms with E-state index in [-0.39, 0.29) is 5.75 Å². The van der Waals surface area contributed by atoms with E-state index >= 15 is 0 Å². The average molecular weight is 301 g/mol. The molecule has 0 spiro atoms. The quantitative estimate of drug-likeness (QED) is 0.714. The highest BCUT2D eigenvalue weighted by Gasteiger charge is 2.06. The maximum absolute atomic E-state index is 9.92. The van der Waals surface area contributed by atoms with E-state index in [0.29, 0.717) is 12.1 Å². The van der Waals surface area contributed by atoms with Gasteiger partial charge < -0.3 is 10.4 Å². The number of fused-ring (bicyclic) bond motifs is 1. The van der Waals surface area contributed by atoms with Gasteiger partial charge in [0.05, 0.1) is 16.3 Å². The second kappa shape index (κ2) is 5.49. The summed E-state index contributed by atoms with van der Waals surface area (Å²) in [6.45, 7) is 2.45. The number of hydrogen-bond donors (Lipinski definition) is 2. The summed E-state index contributed by atoms with van der Waals surface area (Å²) >= 11 is 3.09. The molecule has 0 amide bonds. The molecule has 0 aliphatic carbocycles. The summed E-state index contributed by atoms with van der Waals surface area (Å²) in [5, 5.41) is 16.7. The third-order valence-corrected chi connectivity index (χ3v) is 4.22. The van der Waals surface area contributed by atoms with Gasteiger partial charge in [0.25, 0.3) is 0 Å². The predicted octanol–water partition coefficient (Wildman–Crippen LogP) is 3.23. The molecule has 0 saturated heterocycles. The van der Waals surface area contributed by atoms with E-state index in [9.17, 15) is 5.11 Å². The zero-order chi connectivity index (χ0) is 13.9. The summed E-state index contributed by atoms with van der Waals surface area (Å²) in [4.78, 5) is 8.40. The molecule has 4 nitrogen and oxygen atoms in total. The van der Waals surface area contributed by atoms with Gasteiger partial charge in [-0.2, -0.15) is 0 Å². The van der Waals surface area contributed by atoms with Crippen molar-refractivity contribution < 1.29 is 5.11 Å². The van der Waals surface area contributed by atoms with Gasteiger partial charge in [-0.15, -0.1) is 22.7 Å². The van der Waals surface area contributed by atoms with Crippen molar-refractivity contribution in [3.05, 3.63) is 34.3 Å². The molecule has 0 fully saturated rings. The molecule has 0 aliphatic heterocycles. The monoisotopic (exact) mass is 301 g/mol. The van der Waals surface area contributed by atoms with Crippen LogP contribution in [0.2, 0.25) is 0 Å². The van der Waals surface area contributed by atoms with E-state index < -0.39 is 0 Å². The molecule has 2 N–H and O–H groups in total. The van der Waals surface area contributed by atoms with Crippen LogP contribution in [-0.4, -0.2) is 21.6 Å². The van der Waals surface area contributed by atoms with Crippen LogP contribution in [0.25, 0.3) is 10.2 Å². The Morgan fingerprint density at radius 1 is 1.40 bits per heavy atom. The second-order valence-electron chi connectivity index (χ2n) is 4.07. The summed E-state index contributed by atoms with van der Waals surface area (Å²) in [5.74, 6) is 6.23. The number of anilines is 1. The van der Waals surface area contributed by atoms with E-state index in [1.54, 1.807) is 23.6 Å². The summed E-state index contributed by atoms with van der Waals surface area (Å²) < 4.78 is 0.958. The topological polar surface area (TPSA) is 58.0 Å². The van der Waals surface area contributed by atoms with Gasteiger partial charge in [-0.25, -0.2) is 9.97 Å². The Balaban J connectivity index is 1.77. The number of phenols is 1. The predicted molar refractivity (Wildman–Crippen MR) is 83.5 cm³/mol. The largest absolute Gasteiger partial charge is 0.506 e. The lowest BCUT2D eigenvalue weighted by molar-refractivity contribution is 0.480. The molecule has 100 valence electrons. The van der Waals surface area contributed by atoms with Gasteiger partial charge in [-0.05, 0) is 19.1 Å². The van der Waals surface area contributed by atoms with Gasteiger partial charge in [0.1, 0.15) is 11.3 Å². The van der Waals surface area contributed by atoms with Crippen LogP contribution < -0.4 is 5.32 Å². The molecule has 0 atom stereocenters. The number of nitrogens with zero attached hydrogens (tertiary/aromatic N) is 2. The van der Waals surface area contributed by atoms with Crippen LogP contribution in [-0.2, 0) is 0 Å². The Morgan fingerprint density at radius 2 is 2.30 bits per heavy atom. The second-order valence-corrected chi connectivity index (χ2v) is 6.20. The minimum absolute atomic E-state index is 0.184. The zero-order valence-corrected chi connectivity index (χ0v) is 12.3. The molecular formula is C14H11N3OS2. The smallest absolute Gasteiger partial charge is 0.183 e. The van der Waals surface area contributed by atoms with E-state index in [1.807, 2.05) is 18.4 Å². The van der Waals surface area contributed by atoms with Crippen LogP contribution in [0, 0.1) is 18.8 Å². The molecule has 2 aromatic heterocycles. The van der Waals surface area contributed by atoms with Crippen LogP contribution in [0.5, 0.6) is 5.75 Å². The van der Waals surface area contributed by atoms with Crippen molar-refractivity contribution in [3.8, 4) is 17.6 Å². The SMILES string of the molecule is Cc1nc2c(O)cc(C#CCNc3nccs3)cc2s1. The number of aromatic nitrogens is 2. The number of rotatable bonds is 2. The highest BCUT2D eigenvalue weighted by atomic mass is 32.1. The molecule has 0 bridgehead atoms. The first-order valence-electron chi connectivity index (χ1n) is 5.95. The molecule has 3 rings (SSSR count). The molecule has 1 aromatic carbocycles. The highest BCUT2D eigenvalue weighted by Crippen LogP contribution is 2.30. The van der Waals surface area contributed by atoms with E-state index in [1.165, 1.54) is 11.3 Å². The molecule has 0 radical (unpaired) electrons. The van der Waals surface area contributed by atoms with Crippen LogP contribution in [0.15, 0.2) is 23.7 Å². The number of aryl methyl sites for hydroxylation is 1. The van der Waals surface area contributed by atoms with E-state index in [2.05, 4.69) is 27.1 Å². The fourth-order valence-electron chi connectivity index (χ4n) is 1.77. The summed E-state index contributed by atoms with van der Waals surface area (Å²) in [6, 6.07) is 3.61. The van der Waals surface area contributed by atoms with Gasteiger partial charge in [-0.3, -0.25) is 0 Å². The van der Waals surface area contributed by atoms with Gasteiger partial charge in [-0.1, -0.05) is 11.8 Å². The van der Waals surface area contributed by atoms with Gasteiger partial charge in [0.2, 0.25) is 0 Å². The van der Waals surface area contributed by atoms with Crippen LogP contribution in [0.4, 0.5) is 5.13 Å². The molecule has 2 heterocycles. The van der Waals surface area contributed by atoms with Crippen molar-refractivity contribution in [2.45, 2.75) is 6.92 Å². The molecule has 6 heteroatoms. The maximum atomic E-state index is 9.92. The first-order valence-corrected chi connectivity index (χ1v) is 7.64. The third kappa shape index (κ3) is 2.74. The minimum atomic E-state index is 0.184. The summed E-state index contributed by atoms with van der Waals surface area (Å²) in [6.07, 6.45) is 1.75. The van der Waals surface area contributed by atoms with Crippen molar-refractivity contribution in [1.29, 1.82) is 0 Å². The Bertz CT molecular complexity index is 797. The Kier molecular flexibility index (Phi) is 3.54. The van der Waals surface area contributed by atoms with Crippen molar-refractivity contribution in [2.24, 2.45) is 0 Å². The Hall–Kier alpha value is -2.10. The third-order valence-electron chi connectivity index (χ3n) is 2.57. The lowest BCUT2D eigenvalue weighted by atomic mass is 10.2. The van der Waals surface area contributed by atoms with Crippen LogP contribution >= 0.6 is 22.7 Å². The van der Waals surface area contributed by atoms with Crippen molar-refractivity contribution in [2.75, 3.05) is 11.9 Å². The molecule has 20 heavy (non-hydrogen) atoms. The van der Waals surface area contributed by atoms with Crippen molar-refractivity contribution in [1.82, 2.24) is 9.97 Å². The lowest BCUT2D eigenvalue weighted by Crippen LogP contribution is -1.97. The number of hydrogen-bond acceptors (Lipinski definition) is 6. The molecule has 0 saturated carbocycles. The Morgan fingerprint density at radius 3 is 3.10 bits per heavy atom. The number of nitrogens with one attached hydrogen (secondary N) is 1. The van der Waals surface area contributed by atoms with Gasteiger partial charge in [0.15, 0.2) is 5.13 Å². The fraction of sp³-hybridized carbons (Fsp3) is 0.143. The van der Waals surface area contributed by atoms with E-state index in [0.717, 1.165) is 20.4 Å². The Labute approximate surface area is 124 Å². The zero-order valence-electron chi connectivity index (χ0n) is 10.7. The highest BCUT2D eigenvalue weighted by molar-refractivity contribution is 7.18. The fourth-order valence-corrected chi connectivity index (χ4v) is 3.19. The number of thiazole rings is 2. The van der Waals surface area contributed by atoms with Gasteiger partial charge in [0, 0.05) is 17.1 Å². The average Bonchev–Trinajstić information content (AvgIpc) is 3.03. The maximum Gasteiger partial charge on any atom is 0.183 e. The number of aromatic hydroxyl groups is 1. The van der Waals surface area contributed by atoms with Crippen LogP contribution in [0.3, 0.4) is 0 Å². The van der Waals surface area contributed by atoms with Crippen molar-refractivity contribution in [3.63, 3.8) is 0 Å². The first kappa shape index (κ1) is 12.9. The first-order chi connectivity index (χ1) is 9.72. The van der Waals surface area contributed by atoms with Gasteiger partial charge >= 0.3 is 0 Å². The standard InChI is InChI=1S/C14H11N3OS2/c1-9-17-13-11(18)7-10(8-12(13)20-9)3-2-4-15-14-16-5-6-19-14/h5-8,18H,4H2,1H3,(H,15,16). The minimum Gasteiger partial charge on any atom is -0.506 e. The molecule has 0 unspecified atom stereocenters. The molecular weight excluding hydrogens is 290 g/mol. The summed E-state index contributed by atoms with van der Waals surface area (Å²) in [5.41, 5.74) is 1.44. The number of benzene rings is 1. The normalized spacial score (nSPS) is 10.2. The lowest BCUT2D eigenvalue weighted by Gasteiger charge is -1.96. The molecule has 0 aliphatic rings. The summed E-state index contributed by atoms with van der Waals surface area (Å²) in [7, 11) is 0. The van der Waals surface area contributed by atoms with Crippen molar-refractivity contribution >= 4 is 38.0 Å². The number of phenolic OH excluding ortho intramolecular Hbond substituents is 1.